The Morgan fingerprint density at radius 3 is 2.61 bits per heavy atom. The molecule has 0 spiro atoms. The zero-order valence-electron chi connectivity index (χ0n) is 13.7. The minimum atomic E-state index is -0.377. The van der Waals surface area contributed by atoms with E-state index in [9.17, 15) is 4.79 Å². The molecule has 2 aromatic rings. The molecule has 3 rings (SSSR count). The third kappa shape index (κ3) is 3.70. The summed E-state index contributed by atoms with van der Waals surface area (Å²) in [4.78, 5) is 17.4. The first-order chi connectivity index (χ1) is 11.1. The van der Waals surface area contributed by atoms with Crippen LogP contribution in [0, 0.1) is 5.92 Å². The van der Waals surface area contributed by atoms with Crippen molar-refractivity contribution in [2.24, 2.45) is 11.1 Å². The average Bonchev–Trinajstić information content (AvgIpc) is 3.17. The van der Waals surface area contributed by atoms with E-state index in [2.05, 4.69) is 43.3 Å². The first kappa shape index (κ1) is 15.9. The zero-order valence-corrected chi connectivity index (χ0v) is 14.5. The third-order valence-electron chi connectivity index (χ3n) is 4.35. The van der Waals surface area contributed by atoms with Gasteiger partial charge in [-0.15, -0.1) is 11.3 Å². The van der Waals surface area contributed by atoms with Crippen LogP contribution in [0.4, 0.5) is 0 Å². The van der Waals surface area contributed by atoms with E-state index in [1.165, 1.54) is 22.5 Å². The van der Waals surface area contributed by atoms with Crippen molar-refractivity contribution in [1.82, 2.24) is 0 Å². The van der Waals surface area contributed by atoms with Gasteiger partial charge < -0.3 is 4.84 Å². The molecule has 3 nitrogen and oxygen atoms in total. The molecule has 1 saturated carbocycles. The fourth-order valence-electron chi connectivity index (χ4n) is 2.77. The predicted molar refractivity (Wildman–Crippen MR) is 94.2 cm³/mol. The summed E-state index contributed by atoms with van der Waals surface area (Å²) in [5.74, 6) is 1.06. The van der Waals surface area contributed by atoms with E-state index in [0.29, 0.717) is 22.6 Å². The standard InChI is InChI=1S/C19H21NO2S/c1-12(2)14-6-8-15(9-7-14)17-11-16(17)13(3)20-22-19(21)18-5-4-10-23-18/h4-10,12,16-17H,11H2,1-3H3. The van der Waals surface area contributed by atoms with Gasteiger partial charge in [0, 0.05) is 5.92 Å². The highest BCUT2D eigenvalue weighted by Gasteiger charge is 2.40. The van der Waals surface area contributed by atoms with E-state index in [4.69, 9.17) is 4.84 Å². The summed E-state index contributed by atoms with van der Waals surface area (Å²) in [6.45, 7) is 6.34. The number of benzene rings is 1. The topological polar surface area (TPSA) is 38.7 Å². The second-order valence-electron chi connectivity index (χ2n) is 6.36. The maximum Gasteiger partial charge on any atom is 0.375 e. The van der Waals surface area contributed by atoms with Gasteiger partial charge in [0.15, 0.2) is 0 Å². The maximum atomic E-state index is 11.8. The molecule has 120 valence electrons. The van der Waals surface area contributed by atoms with Crippen LogP contribution in [0.1, 0.15) is 59.8 Å². The number of thiophene rings is 1. The van der Waals surface area contributed by atoms with Crippen LogP contribution in [0.5, 0.6) is 0 Å². The molecular formula is C19H21NO2S. The van der Waals surface area contributed by atoms with Gasteiger partial charge in [-0.2, -0.15) is 0 Å². The lowest BCUT2D eigenvalue weighted by Crippen LogP contribution is -2.03. The van der Waals surface area contributed by atoms with Gasteiger partial charge in [-0.05, 0) is 47.8 Å². The van der Waals surface area contributed by atoms with E-state index < -0.39 is 0 Å². The van der Waals surface area contributed by atoms with E-state index >= 15 is 0 Å². The lowest BCUT2D eigenvalue weighted by molar-refractivity contribution is 0.0520. The molecular weight excluding hydrogens is 306 g/mol. The SMILES string of the molecule is CC(=NOC(=O)c1cccs1)C1CC1c1ccc(C(C)C)cc1. The molecule has 0 radical (unpaired) electrons. The maximum absolute atomic E-state index is 11.8. The van der Waals surface area contributed by atoms with Crippen LogP contribution in [-0.4, -0.2) is 11.7 Å². The second kappa shape index (κ2) is 6.67. The summed E-state index contributed by atoms with van der Waals surface area (Å²) in [5.41, 5.74) is 3.60. The van der Waals surface area contributed by atoms with Crippen LogP contribution in [0.25, 0.3) is 0 Å². The first-order valence-electron chi connectivity index (χ1n) is 7.95. The van der Waals surface area contributed by atoms with Crippen molar-refractivity contribution in [3.05, 3.63) is 57.8 Å². The Morgan fingerprint density at radius 1 is 1.26 bits per heavy atom. The largest absolute Gasteiger partial charge is 0.375 e. The van der Waals surface area contributed by atoms with E-state index in [1.54, 1.807) is 6.07 Å². The highest BCUT2D eigenvalue weighted by atomic mass is 32.1. The number of hydrogen-bond donors (Lipinski definition) is 0. The molecule has 1 aliphatic rings. The van der Waals surface area contributed by atoms with Crippen LogP contribution in [0.2, 0.25) is 0 Å². The molecule has 23 heavy (non-hydrogen) atoms. The monoisotopic (exact) mass is 327 g/mol. The van der Waals surface area contributed by atoms with Gasteiger partial charge in [0.25, 0.3) is 0 Å². The molecule has 1 aliphatic carbocycles. The van der Waals surface area contributed by atoms with Crippen LogP contribution in [0.15, 0.2) is 46.9 Å². The number of nitrogens with zero attached hydrogens (tertiary/aromatic N) is 1. The van der Waals surface area contributed by atoms with Gasteiger partial charge in [-0.1, -0.05) is 49.3 Å². The van der Waals surface area contributed by atoms with E-state index in [0.717, 1.165) is 12.1 Å². The smallest absolute Gasteiger partial charge is 0.312 e. The molecule has 0 N–H and O–H groups in total. The zero-order chi connectivity index (χ0) is 16.4. The Bertz CT molecular complexity index is 701. The Labute approximate surface area is 141 Å². The van der Waals surface area contributed by atoms with Crippen molar-refractivity contribution in [1.29, 1.82) is 0 Å². The molecule has 0 aliphatic heterocycles. The minimum absolute atomic E-state index is 0.377. The molecule has 0 saturated heterocycles. The van der Waals surface area contributed by atoms with Crippen molar-refractivity contribution >= 4 is 23.0 Å². The molecule has 0 bridgehead atoms. The Hall–Kier alpha value is -1.94. The van der Waals surface area contributed by atoms with Gasteiger partial charge >= 0.3 is 5.97 Å². The van der Waals surface area contributed by atoms with Crippen molar-refractivity contribution in [2.45, 2.75) is 39.0 Å². The van der Waals surface area contributed by atoms with Gasteiger partial charge in [0.2, 0.25) is 0 Å². The lowest BCUT2D eigenvalue weighted by atomic mass is 9.99. The number of carbonyl (C=O) groups is 1. The summed E-state index contributed by atoms with van der Waals surface area (Å²) in [5, 5.41) is 5.89. The lowest BCUT2D eigenvalue weighted by Gasteiger charge is -2.06. The van der Waals surface area contributed by atoms with Gasteiger partial charge in [-0.3, -0.25) is 0 Å². The molecule has 0 amide bonds. The highest BCUT2D eigenvalue weighted by molar-refractivity contribution is 7.11. The van der Waals surface area contributed by atoms with E-state index in [-0.39, 0.29) is 5.97 Å². The highest BCUT2D eigenvalue weighted by Crippen LogP contribution is 2.48. The molecule has 4 heteroatoms. The third-order valence-corrected chi connectivity index (χ3v) is 5.20. The molecule has 2 unspecified atom stereocenters. The Morgan fingerprint density at radius 2 is 2.00 bits per heavy atom. The Balaban J connectivity index is 1.59. The van der Waals surface area contributed by atoms with Crippen LogP contribution in [0.3, 0.4) is 0 Å². The van der Waals surface area contributed by atoms with Crippen molar-refractivity contribution < 1.29 is 9.63 Å². The molecule has 2 atom stereocenters. The summed E-state index contributed by atoms with van der Waals surface area (Å²) < 4.78 is 0. The molecule has 1 aromatic heterocycles. The normalized spacial score (nSPS) is 20.6. The number of carbonyl (C=O) groups excluding carboxylic acids is 1. The van der Waals surface area contributed by atoms with Gasteiger partial charge in [-0.25, -0.2) is 4.79 Å². The fourth-order valence-corrected chi connectivity index (χ4v) is 3.37. The summed E-state index contributed by atoms with van der Waals surface area (Å²) in [7, 11) is 0. The van der Waals surface area contributed by atoms with Crippen molar-refractivity contribution in [2.75, 3.05) is 0 Å². The molecule has 1 aromatic carbocycles. The second-order valence-corrected chi connectivity index (χ2v) is 7.31. The summed E-state index contributed by atoms with van der Waals surface area (Å²) >= 11 is 1.36. The molecule has 1 heterocycles. The number of hydrogen-bond acceptors (Lipinski definition) is 4. The van der Waals surface area contributed by atoms with Gasteiger partial charge in [0.1, 0.15) is 4.88 Å². The molecule has 1 fully saturated rings. The van der Waals surface area contributed by atoms with Crippen molar-refractivity contribution in [3.8, 4) is 0 Å². The summed E-state index contributed by atoms with van der Waals surface area (Å²) in [6.07, 6.45) is 1.08. The Kier molecular flexibility index (Phi) is 4.62. The number of oxime groups is 1. The summed E-state index contributed by atoms with van der Waals surface area (Å²) in [6, 6.07) is 12.4. The minimum Gasteiger partial charge on any atom is -0.312 e. The van der Waals surface area contributed by atoms with E-state index in [1.807, 2.05) is 18.4 Å². The van der Waals surface area contributed by atoms with Crippen LogP contribution in [-0.2, 0) is 4.84 Å². The average molecular weight is 327 g/mol. The van der Waals surface area contributed by atoms with Crippen molar-refractivity contribution in [3.63, 3.8) is 0 Å². The first-order valence-corrected chi connectivity index (χ1v) is 8.83. The predicted octanol–water partition coefficient (Wildman–Crippen LogP) is 5.21. The van der Waals surface area contributed by atoms with Gasteiger partial charge in [0.05, 0.1) is 5.71 Å². The quantitative estimate of drug-likeness (QED) is 0.430. The fraction of sp³-hybridized carbons (Fsp3) is 0.368. The number of rotatable bonds is 5. The van der Waals surface area contributed by atoms with Crippen LogP contribution < -0.4 is 0 Å². The van der Waals surface area contributed by atoms with Crippen LogP contribution >= 0.6 is 11.3 Å².